The molecule has 4 aromatic carbocycles. The molecule has 0 unspecified atom stereocenters. The minimum atomic E-state index is 0.489. The average Bonchev–Trinajstić information content (AvgIpc) is 2.93. The first-order chi connectivity index (χ1) is 17.2. The van der Waals surface area contributed by atoms with E-state index in [0.29, 0.717) is 22.6 Å². The molecule has 0 aliphatic carbocycles. The number of halogens is 1. The fourth-order valence-electron chi connectivity index (χ4n) is 4.02. The SMILES string of the molecule is Clc1ccc2ccc(-c3ccc(-c4nc(-c5ccccc5)nc(-c5ccccc5)n4)cc3)cc2n1. The smallest absolute Gasteiger partial charge is 0.164 e. The third-order valence-corrected chi connectivity index (χ3v) is 6.04. The van der Waals surface area contributed by atoms with E-state index in [9.17, 15) is 0 Å². The van der Waals surface area contributed by atoms with Crippen LogP contribution in [0.25, 0.3) is 56.2 Å². The molecule has 0 N–H and O–H groups in total. The van der Waals surface area contributed by atoms with E-state index in [1.165, 1.54) is 0 Å². The molecule has 0 bridgehead atoms. The molecule has 2 aromatic heterocycles. The second-order valence-electron chi connectivity index (χ2n) is 8.16. The van der Waals surface area contributed by atoms with E-state index in [1.54, 1.807) is 6.07 Å². The summed E-state index contributed by atoms with van der Waals surface area (Å²) in [6.45, 7) is 0. The van der Waals surface area contributed by atoms with Crippen LogP contribution in [0.5, 0.6) is 0 Å². The molecule has 0 atom stereocenters. The van der Waals surface area contributed by atoms with Crippen molar-refractivity contribution in [3.8, 4) is 45.3 Å². The summed E-state index contributed by atoms with van der Waals surface area (Å²) in [7, 11) is 0. The Hall–Kier alpha value is -4.41. The molecule has 0 radical (unpaired) electrons. The van der Waals surface area contributed by atoms with Crippen LogP contribution in [0.15, 0.2) is 115 Å². The molecule has 0 saturated carbocycles. The van der Waals surface area contributed by atoms with Gasteiger partial charge in [-0.2, -0.15) is 0 Å². The number of benzene rings is 4. The highest BCUT2D eigenvalue weighted by atomic mass is 35.5. The van der Waals surface area contributed by atoms with E-state index in [4.69, 9.17) is 26.6 Å². The third-order valence-electron chi connectivity index (χ3n) is 5.83. The summed E-state index contributed by atoms with van der Waals surface area (Å²) < 4.78 is 0. The lowest BCUT2D eigenvalue weighted by atomic mass is 10.0. The summed E-state index contributed by atoms with van der Waals surface area (Å²) in [6.07, 6.45) is 0. The lowest BCUT2D eigenvalue weighted by Crippen LogP contribution is -2.00. The van der Waals surface area contributed by atoms with Crippen molar-refractivity contribution >= 4 is 22.5 Å². The molecule has 166 valence electrons. The number of hydrogen-bond acceptors (Lipinski definition) is 4. The van der Waals surface area contributed by atoms with Gasteiger partial charge in [0.2, 0.25) is 0 Å². The highest BCUT2D eigenvalue weighted by Gasteiger charge is 2.12. The number of nitrogens with zero attached hydrogens (tertiary/aromatic N) is 4. The molecule has 5 heteroatoms. The zero-order valence-corrected chi connectivity index (χ0v) is 19.4. The van der Waals surface area contributed by atoms with Gasteiger partial charge in [-0.25, -0.2) is 19.9 Å². The van der Waals surface area contributed by atoms with Crippen LogP contribution in [-0.4, -0.2) is 19.9 Å². The van der Waals surface area contributed by atoms with Gasteiger partial charge in [0.05, 0.1) is 5.52 Å². The van der Waals surface area contributed by atoms with Crippen LogP contribution in [0, 0.1) is 0 Å². The van der Waals surface area contributed by atoms with E-state index in [0.717, 1.165) is 38.7 Å². The van der Waals surface area contributed by atoms with Crippen molar-refractivity contribution in [2.24, 2.45) is 0 Å². The molecule has 0 aliphatic heterocycles. The molecule has 0 spiro atoms. The normalized spacial score (nSPS) is 11.0. The van der Waals surface area contributed by atoms with Crippen LogP contribution >= 0.6 is 11.6 Å². The van der Waals surface area contributed by atoms with Gasteiger partial charge in [-0.1, -0.05) is 109 Å². The standard InChI is InChI=1S/C30H19ClN4/c31-27-18-17-21-13-16-25(19-26(21)32-27)20-11-14-24(15-12-20)30-34-28(22-7-3-1-4-8-22)33-29(35-30)23-9-5-2-6-10-23/h1-19H. The Morgan fingerprint density at radius 3 is 1.43 bits per heavy atom. The van der Waals surface area contributed by atoms with Gasteiger partial charge in [0, 0.05) is 22.1 Å². The van der Waals surface area contributed by atoms with Crippen LogP contribution in [0.2, 0.25) is 5.15 Å². The maximum absolute atomic E-state index is 6.09. The summed E-state index contributed by atoms with van der Waals surface area (Å²) in [5.74, 6) is 1.93. The molecule has 0 saturated heterocycles. The van der Waals surface area contributed by atoms with Crippen molar-refractivity contribution < 1.29 is 0 Å². The molecule has 0 aliphatic rings. The largest absolute Gasteiger partial charge is 0.236 e. The molecule has 0 fully saturated rings. The predicted octanol–water partition coefficient (Wildman–Crippen LogP) is 7.74. The highest BCUT2D eigenvalue weighted by molar-refractivity contribution is 6.29. The van der Waals surface area contributed by atoms with Crippen LogP contribution in [0.3, 0.4) is 0 Å². The summed E-state index contributed by atoms with van der Waals surface area (Å²) in [6, 6.07) is 38.2. The lowest BCUT2D eigenvalue weighted by Gasteiger charge is -2.09. The molecule has 6 rings (SSSR count). The van der Waals surface area contributed by atoms with E-state index < -0.39 is 0 Å². The third kappa shape index (κ3) is 4.39. The zero-order chi connectivity index (χ0) is 23.6. The van der Waals surface area contributed by atoms with Gasteiger partial charge in [-0.3, -0.25) is 0 Å². The Morgan fingerprint density at radius 1 is 0.400 bits per heavy atom. The van der Waals surface area contributed by atoms with Gasteiger partial charge >= 0.3 is 0 Å². The van der Waals surface area contributed by atoms with E-state index in [-0.39, 0.29) is 0 Å². The molecule has 4 nitrogen and oxygen atoms in total. The lowest BCUT2D eigenvalue weighted by molar-refractivity contribution is 1.07. The van der Waals surface area contributed by atoms with E-state index in [2.05, 4.69) is 35.3 Å². The van der Waals surface area contributed by atoms with Crippen molar-refractivity contribution in [3.63, 3.8) is 0 Å². The first-order valence-electron chi connectivity index (χ1n) is 11.3. The van der Waals surface area contributed by atoms with E-state index in [1.807, 2.05) is 78.9 Å². The summed E-state index contributed by atoms with van der Waals surface area (Å²) in [4.78, 5) is 18.8. The quantitative estimate of drug-likeness (QED) is 0.247. The van der Waals surface area contributed by atoms with Crippen LogP contribution in [0.4, 0.5) is 0 Å². The van der Waals surface area contributed by atoms with Crippen molar-refractivity contribution in [2.75, 3.05) is 0 Å². The minimum absolute atomic E-state index is 0.489. The Morgan fingerprint density at radius 2 is 0.857 bits per heavy atom. The summed E-state index contributed by atoms with van der Waals surface area (Å²) in [5.41, 5.74) is 5.85. The molecular formula is C30H19ClN4. The van der Waals surface area contributed by atoms with Gasteiger partial charge in [0.25, 0.3) is 0 Å². The van der Waals surface area contributed by atoms with Crippen molar-refractivity contribution in [3.05, 3.63) is 120 Å². The minimum Gasteiger partial charge on any atom is -0.236 e. The summed E-state index contributed by atoms with van der Waals surface area (Å²) in [5, 5.41) is 1.55. The number of hydrogen-bond donors (Lipinski definition) is 0. The maximum atomic E-state index is 6.09. The second-order valence-corrected chi connectivity index (χ2v) is 8.54. The fraction of sp³-hybridized carbons (Fsp3) is 0. The number of pyridine rings is 1. The van der Waals surface area contributed by atoms with Crippen molar-refractivity contribution in [1.29, 1.82) is 0 Å². The van der Waals surface area contributed by atoms with Gasteiger partial charge in [0.15, 0.2) is 17.5 Å². The molecular weight excluding hydrogens is 452 g/mol. The Balaban J connectivity index is 1.41. The van der Waals surface area contributed by atoms with Crippen LogP contribution in [-0.2, 0) is 0 Å². The number of fused-ring (bicyclic) bond motifs is 1. The Kier molecular flexibility index (Phi) is 5.49. The van der Waals surface area contributed by atoms with Crippen LogP contribution < -0.4 is 0 Å². The van der Waals surface area contributed by atoms with Crippen molar-refractivity contribution in [2.45, 2.75) is 0 Å². The van der Waals surface area contributed by atoms with Gasteiger partial charge < -0.3 is 0 Å². The first kappa shape index (κ1) is 21.1. The molecule has 0 amide bonds. The van der Waals surface area contributed by atoms with Gasteiger partial charge in [-0.15, -0.1) is 0 Å². The fourth-order valence-corrected chi connectivity index (χ4v) is 4.18. The highest BCUT2D eigenvalue weighted by Crippen LogP contribution is 2.28. The molecule has 35 heavy (non-hydrogen) atoms. The topological polar surface area (TPSA) is 51.6 Å². The predicted molar refractivity (Wildman–Crippen MR) is 142 cm³/mol. The monoisotopic (exact) mass is 470 g/mol. The first-order valence-corrected chi connectivity index (χ1v) is 11.6. The molecule has 2 heterocycles. The Bertz CT molecular complexity index is 1580. The Labute approximate surface area is 208 Å². The van der Waals surface area contributed by atoms with E-state index >= 15 is 0 Å². The second kappa shape index (κ2) is 9.09. The number of aromatic nitrogens is 4. The zero-order valence-electron chi connectivity index (χ0n) is 18.6. The average molecular weight is 471 g/mol. The van der Waals surface area contributed by atoms with Gasteiger partial charge in [-0.05, 0) is 29.3 Å². The summed E-state index contributed by atoms with van der Waals surface area (Å²) >= 11 is 6.09. The van der Waals surface area contributed by atoms with Gasteiger partial charge in [0.1, 0.15) is 5.15 Å². The van der Waals surface area contributed by atoms with Crippen LogP contribution in [0.1, 0.15) is 0 Å². The molecule has 6 aromatic rings. The number of rotatable bonds is 4. The maximum Gasteiger partial charge on any atom is 0.164 e. The van der Waals surface area contributed by atoms with Crippen molar-refractivity contribution in [1.82, 2.24) is 19.9 Å².